The second-order valence-electron chi connectivity index (χ2n) is 7.70. The maximum absolute atomic E-state index is 13.0. The molecule has 3 atom stereocenters. The van der Waals surface area contributed by atoms with Gasteiger partial charge in [-0.25, -0.2) is 4.98 Å². The predicted octanol–water partition coefficient (Wildman–Crippen LogP) is 2.61. The average molecular weight is 328 g/mol. The fraction of sp³-hybridized carbons (Fsp3) is 0.632. The van der Waals surface area contributed by atoms with E-state index >= 15 is 0 Å². The Labute approximate surface area is 141 Å². The van der Waals surface area contributed by atoms with E-state index in [1.54, 1.807) is 13.0 Å². The molecule has 1 aromatic rings. The Kier molecular flexibility index (Phi) is 3.82. The van der Waals surface area contributed by atoms with Gasteiger partial charge in [-0.3, -0.25) is 9.59 Å². The zero-order valence-electron chi connectivity index (χ0n) is 14.0. The lowest BCUT2D eigenvalue weighted by Crippen LogP contribution is -2.55. The summed E-state index contributed by atoms with van der Waals surface area (Å²) in [7, 11) is 0. The van der Waals surface area contributed by atoms with E-state index in [2.05, 4.69) is 10.3 Å². The number of hydrogen-bond acceptors (Lipinski definition) is 4. The zero-order chi connectivity index (χ0) is 16.8. The highest BCUT2D eigenvalue weighted by Crippen LogP contribution is 2.53. The lowest BCUT2D eigenvalue weighted by Gasteiger charge is -2.51. The summed E-state index contributed by atoms with van der Waals surface area (Å²) in [6, 6.07) is 1.22. The molecule has 0 radical (unpaired) electrons. The normalized spacial score (nSPS) is 34.7. The number of nitrogens with one attached hydrogen (secondary N) is 1. The van der Waals surface area contributed by atoms with Crippen molar-refractivity contribution < 1.29 is 14.7 Å². The second kappa shape index (κ2) is 5.87. The third kappa shape index (κ3) is 2.41. The molecule has 1 heterocycles. The van der Waals surface area contributed by atoms with E-state index in [4.69, 9.17) is 0 Å². The molecule has 2 N–H and O–H groups in total. The summed E-state index contributed by atoms with van der Waals surface area (Å²) in [4.78, 5) is 29.4. The SMILES string of the molecule is Cc1ccnc(C(=O)NC2CC[C@H]3C4CCC(CC4)[C@H]3C2=O)c1O. The van der Waals surface area contributed by atoms with Gasteiger partial charge in [0.05, 0.1) is 6.04 Å². The zero-order valence-corrected chi connectivity index (χ0v) is 14.0. The number of amides is 1. The maximum atomic E-state index is 13.0. The minimum absolute atomic E-state index is 0.00934. The standard InChI is InChI=1S/C19H24N2O3/c1-10-8-9-20-16(17(10)22)19(24)21-14-7-6-13-11-2-4-12(5-3-11)15(13)18(14)23/h8-9,11-15,22H,2-7H2,1H3,(H,21,24)/t11?,12?,13-,14?,15+/m0/s1. The van der Waals surface area contributed by atoms with Crippen LogP contribution in [0.3, 0.4) is 0 Å². The van der Waals surface area contributed by atoms with Gasteiger partial charge >= 0.3 is 0 Å². The summed E-state index contributed by atoms with van der Waals surface area (Å²) in [6.07, 6.45) is 8.12. The Hall–Kier alpha value is -1.91. The molecule has 24 heavy (non-hydrogen) atoms. The van der Waals surface area contributed by atoms with Gasteiger partial charge in [0, 0.05) is 12.1 Å². The van der Waals surface area contributed by atoms with Crippen molar-refractivity contribution in [3.63, 3.8) is 0 Å². The van der Waals surface area contributed by atoms with E-state index in [9.17, 15) is 14.7 Å². The summed E-state index contributed by atoms with van der Waals surface area (Å²) in [5.74, 6) is 1.54. The summed E-state index contributed by atoms with van der Waals surface area (Å²) >= 11 is 0. The largest absolute Gasteiger partial charge is 0.505 e. The highest BCUT2D eigenvalue weighted by Gasteiger charge is 2.50. The van der Waals surface area contributed by atoms with Crippen LogP contribution in [0.1, 0.15) is 54.6 Å². The minimum atomic E-state index is -0.450. The number of fused-ring (bicyclic) bond motifs is 2. The van der Waals surface area contributed by atoms with Crippen LogP contribution in [0, 0.1) is 30.6 Å². The van der Waals surface area contributed by atoms with Crippen LogP contribution in [0.2, 0.25) is 0 Å². The van der Waals surface area contributed by atoms with Crippen molar-refractivity contribution in [3.8, 4) is 5.75 Å². The fourth-order valence-corrected chi connectivity index (χ4v) is 5.25. The molecule has 4 saturated carbocycles. The number of hydrogen-bond donors (Lipinski definition) is 2. The van der Waals surface area contributed by atoms with Crippen LogP contribution in [0.25, 0.3) is 0 Å². The van der Waals surface area contributed by atoms with Gasteiger partial charge in [0.25, 0.3) is 5.91 Å². The van der Waals surface area contributed by atoms with Crippen LogP contribution in [0.5, 0.6) is 5.75 Å². The summed E-state index contributed by atoms with van der Waals surface area (Å²) in [6.45, 7) is 1.73. The van der Waals surface area contributed by atoms with Crippen LogP contribution < -0.4 is 5.32 Å². The molecule has 1 aromatic heterocycles. The molecule has 0 spiro atoms. The van der Waals surface area contributed by atoms with Crippen LogP contribution >= 0.6 is 0 Å². The van der Waals surface area contributed by atoms with Crippen LogP contribution in [0.4, 0.5) is 0 Å². The molecular weight excluding hydrogens is 304 g/mol. The first-order valence-electron chi connectivity index (χ1n) is 9.05. The van der Waals surface area contributed by atoms with Gasteiger partial charge in [-0.1, -0.05) is 0 Å². The Balaban J connectivity index is 1.50. The number of ketones is 1. The summed E-state index contributed by atoms with van der Waals surface area (Å²) < 4.78 is 0. The van der Waals surface area contributed by atoms with Crippen LogP contribution in [0.15, 0.2) is 12.3 Å². The molecule has 2 bridgehead atoms. The molecule has 128 valence electrons. The monoisotopic (exact) mass is 328 g/mol. The average Bonchev–Trinajstić information content (AvgIpc) is 2.60. The van der Waals surface area contributed by atoms with Crippen molar-refractivity contribution in [3.05, 3.63) is 23.5 Å². The molecular formula is C19H24N2O3. The summed E-state index contributed by atoms with van der Waals surface area (Å²) in [5.41, 5.74) is 0.616. The molecule has 4 aliphatic carbocycles. The van der Waals surface area contributed by atoms with E-state index in [0.29, 0.717) is 29.7 Å². The molecule has 5 rings (SSSR count). The highest BCUT2D eigenvalue weighted by molar-refractivity contribution is 5.99. The van der Waals surface area contributed by atoms with E-state index in [1.165, 1.54) is 31.9 Å². The quantitative estimate of drug-likeness (QED) is 0.874. The minimum Gasteiger partial charge on any atom is -0.505 e. The fourth-order valence-electron chi connectivity index (χ4n) is 5.25. The number of carbonyl (C=O) groups is 2. The molecule has 1 unspecified atom stereocenters. The van der Waals surface area contributed by atoms with Gasteiger partial charge in [-0.05, 0) is 74.8 Å². The number of pyridine rings is 1. The van der Waals surface area contributed by atoms with Crippen LogP contribution in [-0.4, -0.2) is 27.8 Å². The second-order valence-corrected chi connectivity index (χ2v) is 7.70. The smallest absolute Gasteiger partial charge is 0.274 e. The lowest BCUT2D eigenvalue weighted by atomic mass is 9.53. The molecule has 5 heteroatoms. The number of carbonyl (C=O) groups excluding carboxylic acids is 2. The molecule has 4 aliphatic rings. The van der Waals surface area contributed by atoms with Crippen molar-refractivity contribution in [1.82, 2.24) is 10.3 Å². The van der Waals surface area contributed by atoms with E-state index in [0.717, 1.165) is 6.42 Å². The Morgan fingerprint density at radius 1 is 1.17 bits per heavy atom. The van der Waals surface area contributed by atoms with E-state index < -0.39 is 11.9 Å². The Bertz CT molecular complexity index is 679. The molecule has 0 aromatic carbocycles. The van der Waals surface area contributed by atoms with Crippen LogP contribution in [-0.2, 0) is 4.79 Å². The van der Waals surface area contributed by atoms with Gasteiger partial charge in [-0.2, -0.15) is 0 Å². The van der Waals surface area contributed by atoms with Crippen molar-refractivity contribution >= 4 is 11.7 Å². The van der Waals surface area contributed by atoms with Crippen molar-refractivity contribution in [1.29, 1.82) is 0 Å². The summed E-state index contributed by atoms with van der Waals surface area (Å²) in [5, 5.41) is 12.9. The number of aromatic hydroxyl groups is 1. The van der Waals surface area contributed by atoms with Gasteiger partial charge in [-0.15, -0.1) is 0 Å². The lowest BCUT2D eigenvalue weighted by molar-refractivity contribution is -0.138. The highest BCUT2D eigenvalue weighted by atomic mass is 16.3. The number of rotatable bonds is 2. The van der Waals surface area contributed by atoms with Gasteiger partial charge in [0.15, 0.2) is 11.5 Å². The third-order valence-corrected chi connectivity index (χ3v) is 6.50. The molecule has 5 nitrogen and oxygen atoms in total. The van der Waals surface area contributed by atoms with Crippen molar-refractivity contribution in [2.45, 2.75) is 51.5 Å². The molecule has 0 saturated heterocycles. The first-order chi connectivity index (χ1) is 11.6. The topological polar surface area (TPSA) is 79.3 Å². The van der Waals surface area contributed by atoms with Gasteiger partial charge < -0.3 is 10.4 Å². The first kappa shape index (κ1) is 15.6. The predicted molar refractivity (Wildman–Crippen MR) is 88.6 cm³/mol. The van der Waals surface area contributed by atoms with Gasteiger partial charge in [0.1, 0.15) is 5.75 Å². The van der Waals surface area contributed by atoms with E-state index in [1.807, 2.05) is 0 Å². The number of aryl methyl sites for hydroxylation is 1. The number of Topliss-reactive ketones (excluding diaryl/α,β-unsaturated/α-hetero) is 1. The molecule has 4 fully saturated rings. The first-order valence-corrected chi connectivity index (χ1v) is 9.05. The van der Waals surface area contributed by atoms with Crippen molar-refractivity contribution in [2.75, 3.05) is 0 Å². The van der Waals surface area contributed by atoms with Crippen molar-refractivity contribution in [2.24, 2.45) is 23.7 Å². The third-order valence-electron chi connectivity index (χ3n) is 6.50. The number of aromatic nitrogens is 1. The molecule has 0 aliphatic heterocycles. The number of nitrogens with zero attached hydrogens (tertiary/aromatic N) is 1. The van der Waals surface area contributed by atoms with Gasteiger partial charge in [0.2, 0.25) is 0 Å². The Morgan fingerprint density at radius 3 is 2.62 bits per heavy atom. The maximum Gasteiger partial charge on any atom is 0.274 e. The Morgan fingerprint density at radius 2 is 1.88 bits per heavy atom. The van der Waals surface area contributed by atoms with E-state index in [-0.39, 0.29) is 23.1 Å². The molecule has 1 amide bonds.